The van der Waals surface area contributed by atoms with E-state index in [1.54, 1.807) is 18.4 Å². The number of benzene rings is 1. The molecule has 0 atom stereocenters. The maximum Gasteiger partial charge on any atom is 0.270 e. The van der Waals surface area contributed by atoms with Crippen LogP contribution in [0.1, 0.15) is 33.9 Å². The van der Waals surface area contributed by atoms with Gasteiger partial charge in [-0.05, 0) is 43.5 Å². The van der Waals surface area contributed by atoms with Crippen LogP contribution in [0.5, 0.6) is 0 Å². The summed E-state index contributed by atoms with van der Waals surface area (Å²) in [6.45, 7) is 2.92. The summed E-state index contributed by atoms with van der Waals surface area (Å²) in [5.74, 6) is 0.920. The number of nitrogens with zero attached hydrogens (tertiary/aromatic N) is 2. The van der Waals surface area contributed by atoms with Gasteiger partial charge in [0.05, 0.1) is 12.8 Å². The second-order valence-corrected chi connectivity index (χ2v) is 6.00. The molecule has 0 unspecified atom stereocenters. The molecule has 0 aliphatic carbocycles. The van der Waals surface area contributed by atoms with Gasteiger partial charge in [-0.2, -0.15) is 0 Å². The van der Waals surface area contributed by atoms with E-state index < -0.39 is 0 Å². The van der Waals surface area contributed by atoms with Crippen LogP contribution in [0.15, 0.2) is 59.2 Å². The predicted molar refractivity (Wildman–Crippen MR) is 99.9 cm³/mol. The number of aryl methyl sites for hydroxylation is 2. The molecule has 1 aromatic carbocycles. The lowest BCUT2D eigenvalue weighted by Crippen LogP contribution is -2.24. The first-order valence-electron chi connectivity index (χ1n) is 8.65. The zero-order valence-electron chi connectivity index (χ0n) is 14.7. The Hall–Kier alpha value is -3.15. The lowest BCUT2D eigenvalue weighted by atomic mass is 10.1. The van der Waals surface area contributed by atoms with E-state index >= 15 is 0 Å². The molecular formula is C20H22N4O2. The van der Waals surface area contributed by atoms with Crippen molar-refractivity contribution >= 4 is 11.9 Å². The van der Waals surface area contributed by atoms with Gasteiger partial charge >= 0.3 is 0 Å². The highest BCUT2D eigenvalue weighted by atomic mass is 16.3. The van der Waals surface area contributed by atoms with Crippen molar-refractivity contribution in [1.82, 2.24) is 15.3 Å². The number of hydrogen-bond acceptors (Lipinski definition) is 5. The van der Waals surface area contributed by atoms with E-state index in [4.69, 9.17) is 4.42 Å². The number of furan rings is 1. The maximum atomic E-state index is 12.3. The molecule has 26 heavy (non-hydrogen) atoms. The largest absolute Gasteiger partial charge is 0.467 e. The van der Waals surface area contributed by atoms with Crippen molar-refractivity contribution < 1.29 is 9.21 Å². The van der Waals surface area contributed by atoms with Crippen LogP contribution in [0.25, 0.3) is 0 Å². The second-order valence-electron chi connectivity index (χ2n) is 6.00. The van der Waals surface area contributed by atoms with Gasteiger partial charge in [-0.25, -0.2) is 9.97 Å². The molecule has 3 rings (SSSR count). The zero-order valence-corrected chi connectivity index (χ0v) is 14.7. The third kappa shape index (κ3) is 5.17. The van der Waals surface area contributed by atoms with Gasteiger partial charge in [0.25, 0.3) is 5.91 Å². The third-order valence-corrected chi connectivity index (χ3v) is 3.86. The molecule has 6 heteroatoms. The number of aromatic nitrogens is 2. The molecule has 134 valence electrons. The van der Waals surface area contributed by atoms with Crippen molar-refractivity contribution in [2.45, 2.75) is 26.3 Å². The Labute approximate surface area is 152 Å². The van der Waals surface area contributed by atoms with Crippen molar-refractivity contribution in [2.24, 2.45) is 0 Å². The van der Waals surface area contributed by atoms with Crippen LogP contribution >= 0.6 is 0 Å². The first kappa shape index (κ1) is 17.7. The Kier molecular flexibility index (Phi) is 5.98. The summed E-state index contributed by atoms with van der Waals surface area (Å²) in [5, 5.41) is 5.99. The highest BCUT2D eigenvalue weighted by Crippen LogP contribution is 2.07. The summed E-state index contributed by atoms with van der Waals surface area (Å²) >= 11 is 0. The molecule has 2 N–H and O–H groups in total. The van der Waals surface area contributed by atoms with Crippen LogP contribution in [0.4, 0.5) is 5.95 Å². The van der Waals surface area contributed by atoms with E-state index in [0.717, 1.165) is 25.1 Å². The average molecular weight is 350 g/mol. The minimum atomic E-state index is -0.251. The van der Waals surface area contributed by atoms with Crippen LogP contribution in [-0.4, -0.2) is 22.4 Å². The molecule has 6 nitrogen and oxygen atoms in total. The predicted octanol–water partition coefficient (Wildman–Crippen LogP) is 3.35. The molecule has 3 aromatic rings. The number of hydrogen-bond donors (Lipinski definition) is 2. The van der Waals surface area contributed by atoms with Crippen LogP contribution in [0.3, 0.4) is 0 Å². The van der Waals surface area contributed by atoms with E-state index in [2.05, 4.69) is 32.7 Å². The summed E-state index contributed by atoms with van der Waals surface area (Å²) < 4.78 is 5.21. The van der Waals surface area contributed by atoms with Crippen molar-refractivity contribution in [3.63, 3.8) is 0 Å². The molecule has 0 aliphatic heterocycles. The van der Waals surface area contributed by atoms with Crippen molar-refractivity contribution in [3.05, 3.63) is 77.5 Å². The fourth-order valence-corrected chi connectivity index (χ4v) is 2.57. The smallest absolute Gasteiger partial charge is 0.270 e. The molecule has 0 radical (unpaired) electrons. The number of anilines is 1. The number of rotatable bonds is 8. The number of carbonyl (C=O) groups is 1. The molecule has 0 saturated carbocycles. The molecular weight excluding hydrogens is 328 g/mol. The lowest BCUT2D eigenvalue weighted by Gasteiger charge is -2.08. The quantitative estimate of drug-likeness (QED) is 0.609. The van der Waals surface area contributed by atoms with Crippen molar-refractivity contribution in [3.8, 4) is 0 Å². The van der Waals surface area contributed by atoms with Gasteiger partial charge in [0.1, 0.15) is 11.5 Å². The van der Waals surface area contributed by atoms with Gasteiger partial charge in [-0.15, -0.1) is 0 Å². The van der Waals surface area contributed by atoms with Crippen LogP contribution in [0, 0.1) is 6.92 Å². The summed E-state index contributed by atoms with van der Waals surface area (Å²) in [7, 11) is 0. The van der Waals surface area contributed by atoms with Crippen molar-refractivity contribution in [1.29, 1.82) is 0 Å². The first-order valence-corrected chi connectivity index (χ1v) is 8.65. The van der Waals surface area contributed by atoms with Gasteiger partial charge in [0, 0.05) is 12.2 Å². The zero-order chi connectivity index (χ0) is 18.2. The number of amides is 1. The number of carbonyl (C=O) groups excluding carboxylic acids is 1. The Morgan fingerprint density at radius 2 is 1.96 bits per heavy atom. The second kappa shape index (κ2) is 8.80. The lowest BCUT2D eigenvalue weighted by molar-refractivity contribution is 0.0943. The topological polar surface area (TPSA) is 80.0 Å². The van der Waals surface area contributed by atoms with Crippen LogP contribution in [-0.2, 0) is 13.0 Å². The van der Waals surface area contributed by atoms with Crippen LogP contribution < -0.4 is 10.6 Å². The summed E-state index contributed by atoms with van der Waals surface area (Å²) in [5.41, 5.74) is 2.39. The van der Waals surface area contributed by atoms with Gasteiger partial charge in [0.15, 0.2) is 0 Å². The highest BCUT2D eigenvalue weighted by molar-refractivity contribution is 5.92. The fraction of sp³-hybridized carbons (Fsp3) is 0.250. The average Bonchev–Trinajstić information content (AvgIpc) is 3.17. The third-order valence-electron chi connectivity index (χ3n) is 3.86. The van der Waals surface area contributed by atoms with Gasteiger partial charge in [-0.1, -0.05) is 30.3 Å². The molecule has 1 amide bonds. The molecule has 2 heterocycles. The minimum Gasteiger partial charge on any atom is -0.467 e. The number of nitrogens with one attached hydrogen (secondary N) is 2. The van der Waals surface area contributed by atoms with Crippen molar-refractivity contribution in [2.75, 3.05) is 11.9 Å². The molecule has 0 bridgehead atoms. The molecule has 0 saturated heterocycles. The first-order chi connectivity index (χ1) is 12.7. The van der Waals surface area contributed by atoms with E-state index in [1.165, 1.54) is 5.56 Å². The van der Waals surface area contributed by atoms with Gasteiger partial charge in [-0.3, -0.25) is 4.79 Å². The van der Waals surface area contributed by atoms with E-state index in [0.29, 0.717) is 23.9 Å². The highest BCUT2D eigenvalue weighted by Gasteiger charge is 2.11. The monoisotopic (exact) mass is 350 g/mol. The Morgan fingerprint density at radius 3 is 2.73 bits per heavy atom. The summed E-state index contributed by atoms with van der Waals surface area (Å²) in [6, 6.07) is 15.6. The maximum absolute atomic E-state index is 12.3. The SMILES string of the molecule is Cc1cc(C(=O)NCc2ccco2)nc(NCCCc2ccccc2)n1. The fourth-order valence-electron chi connectivity index (χ4n) is 2.57. The molecule has 2 aromatic heterocycles. The summed E-state index contributed by atoms with van der Waals surface area (Å²) in [6.07, 6.45) is 3.52. The molecule has 0 fully saturated rings. The van der Waals surface area contributed by atoms with E-state index in [9.17, 15) is 4.79 Å². The van der Waals surface area contributed by atoms with Gasteiger partial charge < -0.3 is 15.1 Å². The Morgan fingerprint density at radius 1 is 1.12 bits per heavy atom. The Balaban J connectivity index is 1.52. The normalized spacial score (nSPS) is 10.5. The van der Waals surface area contributed by atoms with Crippen LogP contribution in [0.2, 0.25) is 0 Å². The minimum absolute atomic E-state index is 0.251. The summed E-state index contributed by atoms with van der Waals surface area (Å²) in [4.78, 5) is 21.0. The molecule has 0 aliphatic rings. The van der Waals surface area contributed by atoms with E-state index in [1.807, 2.05) is 31.2 Å². The molecule has 0 spiro atoms. The standard InChI is InChI=1S/C20H22N4O2/c1-15-13-18(19(25)22-14-17-10-6-12-26-17)24-20(23-15)21-11-5-9-16-7-3-2-4-8-16/h2-4,6-8,10,12-13H,5,9,11,14H2,1H3,(H,22,25)(H,21,23,24). The Bertz CT molecular complexity index is 832. The van der Waals surface area contributed by atoms with E-state index in [-0.39, 0.29) is 5.91 Å². The van der Waals surface area contributed by atoms with Gasteiger partial charge in [0.2, 0.25) is 5.95 Å².